The number of nitrogens with zero attached hydrogens (tertiary/aromatic N) is 1. The predicted octanol–water partition coefficient (Wildman–Crippen LogP) is 4.50. The molecule has 0 spiro atoms. The fraction of sp³-hybridized carbons (Fsp3) is 0.111. The number of benzene rings is 1. The lowest BCUT2D eigenvalue weighted by molar-refractivity contribution is -0.384. The van der Waals surface area contributed by atoms with Crippen LogP contribution in [0, 0.1) is 10.1 Å². The summed E-state index contributed by atoms with van der Waals surface area (Å²) in [6.45, 7) is 0. The third-order valence-corrected chi connectivity index (χ3v) is 2.76. The molecule has 0 amide bonds. The van der Waals surface area contributed by atoms with Crippen molar-refractivity contribution in [3.05, 3.63) is 43.4 Å². The van der Waals surface area contributed by atoms with Crippen LogP contribution < -0.4 is 0 Å². The number of halogens is 5. The maximum absolute atomic E-state index is 12.2. The Morgan fingerprint density at radius 2 is 2.06 bits per heavy atom. The molecule has 92 valence electrons. The van der Waals surface area contributed by atoms with Crippen LogP contribution in [0.1, 0.15) is 5.56 Å². The van der Waals surface area contributed by atoms with E-state index in [1.807, 2.05) is 0 Å². The molecule has 0 aliphatic rings. The van der Waals surface area contributed by atoms with Crippen LogP contribution in [0.5, 0.6) is 0 Å². The minimum atomic E-state index is -4.64. The van der Waals surface area contributed by atoms with E-state index in [4.69, 9.17) is 11.6 Å². The summed E-state index contributed by atoms with van der Waals surface area (Å²) in [7, 11) is 0. The van der Waals surface area contributed by atoms with Gasteiger partial charge in [0.05, 0.1) is 4.92 Å². The summed E-state index contributed by atoms with van der Waals surface area (Å²) >= 11 is 7.98. The van der Waals surface area contributed by atoms with Crippen LogP contribution in [0.4, 0.5) is 18.9 Å². The van der Waals surface area contributed by atoms with E-state index in [0.29, 0.717) is 6.08 Å². The van der Waals surface area contributed by atoms with Gasteiger partial charge < -0.3 is 0 Å². The molecule has 0 unspecified atom stereocenters. The average molecular weight is 330 g/mol. The van der Waals surface area contributed by atoms with Crippen molar-refractivity contribution in [2.75, 3.05) is 0 Å². The summed E-state index contributed by atoms with van der Waals surface area (Å²) < 4.78 is 36.6. The van der Waals surface area contributed by atoms with Crippen molar-refractivity contribution in [3.8, 4) is 0 Å². The minimum Gasteiger partial charge on any atom is -0.258 e. The summed E-state index contributed by atoms with van der Waals surface area (Å²) in [5, 5.41) is 9.11. The first kappa shape index (κ1) is 14.0. The number of rotatable bonds is 2. The largest absolute Gasteiger partial charge is 0.426 e. The van der Waals surface area contributed by atoms with Crippen LogP contribution in [-0.4, -0.2) is 11.1 Å². The molecule has 0 atom stereocenters. The summed E-state index contributed by atoms with van der Waals surface area (Å²) in [5.74, 6) is 0. The SMILES string of the molecule is O=[N+]([O-])c1ccc(/C=C(/Cl)C(F)(F)F)c(Br)c1. The van der Waals surface area contributed by atoms with E-state index in [9.17, 15) is 23.3 Å². The van der Waals surface area contributed by atoms with E-state index in [1.165, 1.54) is 6.07 Å². The average Bonchev–Trinajstić information content (AvgIpc) is 2.19. The monoisotopic (exact) mass is 329 g/mol. The molecule has 3 nitrogen and oxygen atoms in total. The van der Waals surface area contributed by atoms with E-state index in [2.05, 4.69) is 15.9 Å². The number of hydrogen-bond donors (Lipinski definition) is 0. The van der Waals surface area contributed by atoms with Gasteiger partial charge in [0, 0.05) is 16.6 Å². The van der Waals surface area contributed by atoms with Crippen molar-refractivity contribution in [1.82, 2.24) is 0 Å². The van der Waals surface area contributed by atoms with Gasteiger partial charge in [0.15, 0.2) is 0 Å². The first-order chi connectivity index (χ1) is 7.71. The van der Waals surface area contributed by atoms with Gasteiger partial charge in [0.1, 0.15) is 5.03 Å². The molecular formula is C9H4BrClF3NO2. The van der Waals surface area contributed by atoms with Crippen molar-refractivity contribution in [1.29, 1.82) is 0 Å². The number of allylic oxidation sites excluding steroid dienone is 1. The van der Waals surface area contributed by atoms with E-state index in [0.717, 1.165) is 12.1 Å². The van der Waals surface area contributed by atoms with Gasteiger partial charge in [-0.3, -0.25) is 10.1 Å². The van der Waals surface area contributed by atoms with Crippen molar-refractivity contribution >= 4 is 39.3 Å². The standard InChI is InChI=1S/C9H4BrClF3NO2/c10-7-4-6(15(16)17)2-1-5(7)3-8(11)9(12,13)14/h1-4H/b8-3+. The van der Waals surface area contributed by atoms with Crippen molar-refractivity contribution in [2.24, 2.45) is 0 Å². The molecule has 0 aliphatic carbocycles. The molecule has 0 saturated carbocycles. The Balaban J connectivity index is 3.14. The Bertz CT molecular complexity index is 488. The minimum absolute atomic E-state index is 0.109. The molecular weight excluding hydrogens is 326 g/mol. The third kappa shape index (κ3) is 3.71. The van der Waals surface area contributed by atoms with Gasteiger partial charge in [0.2, 0.25) is 0 Å². The van der Waals surface area contributed by atoms with E-state index in [-0.39, 0.29) is 15.7 Å². The lowest BCUT2D eigenvalue weighted by Gasteiger charge is -2.05. The Kier molecular flexibility index (Phi) is 4.16. The molecule has 0 aromatic heterocycles. The summed E-state index contributed by atoms with van der Waals surface area (Å²) in [5.41, 5.74) is -0.116. The van der Waals surface area contributed by atoms with Gasteiger partial charge in [-0.1, -0.05) is 11.6 Å². The van der Waals surface area contributed by atoms with Crippen LogP contribution in [0.2, 0.25) is 0 Å². The van der Waals surface area contributed by atoms with Crippen LogP contribution in [-0.2, 0) is 0 Å². The molecule has 8 heteroatoms. The van der Waals surface area contributed by atoms with Crippen LogP contribution in [0.15, 0.2) is 27.7 Å². The molecule has 1 aromatic rings. The lowest BCUT2D eigenvalue weighted by atomic mass is 10.2. The topological polar surface area (TPSA) is 43.1 Å². The maximum atomic E-state index is 12.2. The van der Waals surface area contributed by atoms with Gasteiger partial charge in [0.25, 0.3) is 5.69 Å². The van der Waals surface area contributed by atoms with Gasteiger partial charge in [-0.2, -0.15) is 13.2 Å². The number of hydrogen-bond acceptors (Lipinski definition) is 2. The normalized spacial score (nSPS) is 12.6. The zero-order valence-electron chi connectivity index (χ0n) is 7.96. The predicted molar refractivity (Wildman–Crippen MR) is 60.7 cm³/mol. The molecule has 0 aliphatic heterocycles. The molecule has 1 rings (SSSR count). The fourth-order valence-electron chi connectivity index (χ4n) is 0.965. The number of nitro benzene ring substituents is 1. The van der Waals surface area contributed by atoms with E-state index >= 15 is 0 Å². The highest BCUT2D eigenvalue weighted by molar-refractivity contribution is 9.10. The molecule has 0 N–H and O–H groups in total. The summed E-state index contributed by atoms with van der Waals surface area (Å²) in [4.78, 5) is 9.76. The number of nitro groups is 1. The zero-order valence-corrected chi connectivity index (χ0v) is 10.3. The molecule has 0 heterocycles. The molecule has 17 heavy (non-hydrogen) atoms. The number of alkyl halides is 3. The highest BCUT2D eigenvalue weighted by Crippen LogP contribution is 2.32. The van der Waals surface area contributed by atoms with Crippen LogP contribution in [0.25, 0.3) is 6.08 Å². The quantitative estimate of drug-likeness (QED) is 0.592. The van der Waals surface area contributed by atoms with Crippen molar-refractivity contribution in [3.63, 3.8) is 0 Å². The van der Waals surface area contributed by atoms with Crippen LogP contribution in [0.3, 0.4) is 0 Å². The molecule has 0 radical (unpaired) electrons. The van der Waals surface area contributed by atoms with Gasteiger partial charge in [-0.05, 0) is 33.6 Å². The smallest absolute Gasteiger partial charge is 0.258 e. The van der Waals surface area contributed by atoms with Crippen molar-refractivity contribution < 1.29 is 18.1 Å². The second-order valence-corrected chi connectivity index (χ2v) is 4.21. The fourth-order valence-corrected chi connectivity index (χ4v) is 1.56. The Morgan fingerprint density at radius 1 is 1.47 bits per heavy atom. The zero-order chi connectivity index (χ0) is 13.2. The number of non-ortho nitro benzene ring substituents is 1. The van der Waals surface area contributed by atoms with E-state index < -0.39 is 16.1 Å². The lowest BCUT2D eigenvalue weighted by Crippen LogP contribution is -2.06. The Morgan fingerprint density at radius 3 is 2.47 bits per heavy atom. The Hall–Kier alpha value is -1.08. The molecule has 1 aromatic carbocycles. The molecule has 0 bridgehead atoms. The van der Waals surface area contributed by atoms with Gasteiger partial charge >= 0.3 is 6.18 Å². The van der Waals surface area contributed by atoms with Crippen molar-refractivity contribution in [2.45, 2.75) is 6.18 Å². The molecule has 0 fully saturated rings. The second-order valence-electron chi connectivity index (χ2n) is 2.95. The molecule has 0 saturated heterocycles. The summed E-state index contributed by atoms with van der Waals surface area (Å²) in [6, 6.07) is 3.37. The first-order valence-corrected chi connectivity index (χ1v) is 5.27. The Labute approximate surface area is 107 Å². The highest BCUT2D eigenvalue weighted by Gasteiger charge is 2.32. The maximum Gasteiger partial charge on any atom is 0.426 e. The van der Waals surface area contributed by atoms with Gasteiger partial charge in [-0.15, -0.1) is 0 Å². The summed E-state index contributed by atoms with van der Waals surface area (Å²) in [6.07, 6.45) is -3.95. The van der Waals surface area contributed by atoms with Crippen LogP contribution >= 0.6 is 27.5 Å². The van der Waals surface area contributed by atoms with Gasteiger partial charge in [-0.25, -0.2) is 0 Å². The van der Waals surface area contributed by atoms with E-state index in [1.54, 1.807) is 0 Å². The first-order valence-electron chi connectivity index (χ1n) is 4.10. The third-order valence-electron chi connectivity index (χ3n) is 1.75. The highest BCUT2D eigenvalue weighted by atomic mass is 79.9. The second kappa shape index (κ2) is 5.05.